The molecule has 0 N–H and O–H groups in total. The van der Waals surface area contributed by atoms with Crippen molar-refractivity contribution >= 4 is 94.4 Å². The molecule has 64 heavy (non-hydrogen) atoms. The average Bonchev–Trinajstić information content (AvgIpc) is 4.03. The van der Waals surface area contributed by atoms with E-state index in [0.717, 1.165) is 38.8 Å². The van der Waals surface area contributed by atoms with Crippen molar-refractivity contribution in [2.45, 2.75) is 0 Å². The fourth-order valence-electron chi connectivity index (χ4n) is 10.8. The van der Waals surface area contributed by atoms with Crippen LogP contribution in [0.4, 0.5) is 0 Å². The van der Waals surface area contributed by atoms with Gasteiger partial charge in [-0.2, -0.15) is 0 Å². The van der Waals surface area contributed by atoms with Gasteiger partial charge in [-0.1, -0.05) is 188 Å². The predicted molar refractivity (Wildman–Crippen MR) is 271 cm³/mol. The minimum absolute atomic E-state index is 0.905. The van der Waals surface area contributed by atoms with E-state index in [2.05, 4.69) is 246 Å². The number of fused-ring (bicyclic) bond motifs is 9. The Kier molecular flexibility index (Phi) is 8.23. The van der Waals surface area contributed by atoms with Crippen LogP contribution in [0.25, 0.3) is 88.1 Å². The normalized spacial score (nSPS) is 12.1. The van der Waals surface area contributed by atoms with Crippen LogP contribution in [0.15, 0.2) is 247 Å². The third-order valence-electron chi connectivity index (χ3n) is 13.5. The Balaban J connectivity index is 1.04. The van der Waals surface area contributed by atoms with Crippen LogP contribution in [0, 0.1) is 0 Å². The lowest BCUT2D eigenvalue weighted by atomic mass is 9.98. The van der Waals surface area contributed by atoms with E-state index in [9.17, 15) is 0 Å². The van der Waals surface area contributed by atoms with Gasteiger partial charge in [-0.3, -0.25) is 0 Å². The number of furan rings is 1. The Hall–Kier alpha value is -8.18. The Bertz CT molecular complexity index is 3790. The van der Waals surface area contributed by atoms with Crippen molar-refractivity contribution in [2.24, 2.45) is 0 Å². The van der Waals surface area contributed by atoms with Gasteiger partial charge in [0.15, 0.2) is 8.07 Å². The summed E-state index contributed by atoms with van der Waals surface area (Å²) in [5.74, 6) is 0. The maximum atomic E-state index is 6.33. The smallest absolute Gasteiger partial charge is 0.179 e. The lowest BCUT2D eigenvalue weighted by molar-refractivity contribution is 0.669. The molecule has 0 saturated heterocycles. The summed E-state index contributed by atoms with van der Waals surface area (Å²) in [4.78, 5) is 0. The molecule has 0 bridgehead atoms. The average molecular weight is 833 g/mol. The molecule has 0 saturated carbocycles. The van der Waals surface area contributed by atoms with Gasteiger partial charge >= 0.3 is 0 Å². The molecule has 3 nitrogen and oxygen atoms in total. The zero-order valence-electron chi connectivity index (χ0n) is 34.9. The second kappa shape index (κ2) is 14.5. The van der Waals surface area contributed by atoms with E-state index in [1.807, 2.05) is 6.07 Å². The van der Waals surface area contributed by atoms with Crippen LogP contribution in [-0.4, -0.2) is 17.2 Å². The summed E-state index contributed by atoms with van der Waals surface area (Å²) < 4.78 is 11.3. The molecular formula is C60H40N2OSi. The molecule has 0 fully saturated rings. The molecule has 0 spiro atoms. The minimum atomic E-state index is -2.70. The molecule has 0 aliphatic heterocycles. The van der Waals surface area contributed by atoms with Crippen molar-refractivity contribution < 1.29 is 4.42 Å². The molecule has 3 aromatic heterocycles. The molecule has 0 aliphatic rings. The topological polar surface area (TPSA) is 23.0 Å². The van der Waals surface area contributed by atoms with E-state index in [0.29, 0.717) is 0 Å². The van der Waals surface area contributed by atoms with Crippen molar-refractivity contribution in [3.05, 3.63) is 243 Å². The van der Waals surface area contributed by atoms with E-state index in [1.165, 1.54) is 70.0 Å². The van der Waals surface area contributed by atoms with Gasteiger partial charge in [0.1, 0.15) is 11.2 Å². The van der Waals surface area contributed by atoms with Gasteiger partial charge in [0.05, 0.1) is 27.8 Å². The molecule has 10 aromatic carbocycles. The molecule has 13 rings (SSSR count). The van der Waals surface area contributed by atoms with Gasteiger partial charge in [0, 0.05) is 38.0 Å². The zero-order chi connectivity index (χ0) is 42.2. The summed E-state index contributed by atoms with van der Waals surface area (Å²) >= 11 is 0. The van der Waals surface area contributed by atoms with Gasteiger partial charge in [-0.25, -0.2) is 0 Å². The lowest BCUT2D eigenvalue weighted by Crippen LogP contribution is -2.74. The number of rotatable bonds is 7. The van der Waals surface area contributed by atoms with Crippen molar-refractivity contribution in [2.75, 3.05) is 0 Å². The number of hydrogen-bond donors (Lipinski definition) is 0. The van der Waals surface area contributed by atoms with E-state index >= 15 is 0 Å². The highest BCUT2D eigenvalue weighted by Crippen LogP contribution is 2.42. The second-order valence-electron chi connectivity index (χ2n) is 16.8. The van der Waals surface area contributed by atoms with Crippen molar-refractivity contribution in [3.8, 4) is 22.5 Å². The third-order valence-corrected chi connectivity index (χ3v) is 18.3. The Morgan fingerprint density at radius 3 is 1.50 bits per heavy atom. The molecule has 0 atom stereocenters. The van der Waals surface area contributed by atoms with Crippen LogP contribution < -0.4 is 20.7 Å². The van der Waals surface area contributed by atoms with E-state index in [-0.39, 0.29) is 0 Å². The van der Waals surface area contributed by atoms with Crippen molar-refractivity contribution in [1.29, 1.82) is 0 Å². The minimum Gasteiger partial charge on any atom is -0.456 e. The first kappa shape index (κ1) is 36.5. The van der Waals surface area contributed by atoms with Gasteiger partial charge in [-0.05, 0) is 86.5 Å². The summed E-state index contributed by atoms with van der Waals surface area (Å²) in [5, 5.41) is 12.6. The van der Waals surface area contributed by atoms with Crippen molar-refractivity contribution in [1.82, 2.24) is 9.13 Å². The quantitative estimate of drug-likeness (QED) is 0.116. The van der Waals surface area contributed by atoms with Gasteiger partial charge in [0.25, 0.3) is 0 Å². The highest BCUT2D eigenvalue weighted by Gasteiger charge is 2.41. The fourth-order valence-corrected chi connectivity index (χ4v) is 15.5. The van der Waals surface area contributed by atoms with Crippen LogP contribution in [-0.2, 0) is 0 Å². The van der Waals surface area contributed by atoms with Gasteiger partial charge in [0.2, 0.25) is 0 Å². The molecular weight excluding hydrogens is 793 g/mol. The zero-order valence-corrected chi connectivity index (χ0v) is 35.9. The SMILES string of the molecule is c1ccc([Si](c2ccccc2)(c2ccccc2)c2ccc(-n3c4ccccc4c4cccc(-n5c6ccccc6c6cc(-c7cccc8oc9ccccc9c78)ccc65)c43)cc2)cc1. The maximum absolute atomic E-state index is 6.33. The van der Waals surface area contributed by atoms with Crippen LogP contribution in [0.2, 0.25) is 0 Å². The number of hydrogen-bond acceptors (Lipinski definition) is 1. The van der Waals surface area contributed by atoms with E-state index in [4.69, 9.17) is 4.42 Å². The predicted octanol–water partition coefficient (Wildman–Crippen LogP) is 12.8. The molecule has 0 amide bonds. The van der Waals surface area contributed by atoms with Gasteiger partial charge in [-0.15, -0.1) is 0 Å². The fraction of sp³-hybridized carbons (Fsp3) is 0. The summed E-state index contributed by atoms with van der Waals surface area (Å²) in [6, 6.07) is 89.2. The van der Waals surface area contributed by atoms with E-state index < -0.39 is 8.07 Å². The molecule has 4 heteroatoms. The van der Waals surface area contributed by atoms with E-state index in [1.54, 1.807) is 0 Å². The standard InChI is InChI=1S/C60H40N2OSi/c1-4-18-43(19-5-1)64(44-20-6-2-7-21-44,45-22-8-3-9-23-45)46-37-35-42(36-38-46)61-53-29-13-10-24-48(53)50-28-16-31-56(60(50)61)62-54-30-14-11-25-49(54)52-40-41(34-39-55(52)62)47-27-17-33-58-59(47)51-26-12-15-32-57(51)63-58/h1-40H. The monoisotopic (exact) mass is 832 g/mol. The second-order valence-corrected chi connectivity index (χ2v) is 20.6. The molecule has 13 aromatic rings. The highest BCUT2D eigenvalue weighted by atomic mass is 28.3. The third kappa shape index (κ3) is 5.33. The molecule has 0 unspecified atom stereocenters. The Morgan fingerprint density at radius 1 is 0.328 bits per heavy atom. The summed E-state index contributed by atoms with van der Waals surface area (Å²) in [7, 11) is -2.70. The van der Waals surface area contributed by atoms with Crippen LogP contribution in [0.3, 0.4) is 0 Å². The highest BCUT2D eigenvalue weighted by molar-refractivity contribution is 7.19. The summed E-state index contributed by atoms with van der Waals surface area (Å²) in [6.45, 7) is 0. The Morgan fingerprint density at radius 2 is 0.828 bits per heavy atom. The Labute approximate surface area is 371 Å². The first-order valence-electron chi connectivity index (χ1n) is 22.0. The number of nitrogens with zero attached hydrogens (tertiary/aromatic N) is 2. The molecule has 0 aliphatic carbocycles. The van der Waals surface area contributed by atoms with Crippen LogP contribution in [0.5, 0.6) is 0 Å². The maximum Gasteiger partial charge on any atom is 0.179 e. The number of para-hydroxylation sites is 4. The van der Waals surface area contributed by atoms with Crippen molar-refractivity contribution in [3.63, 3.8) is 0 Å². The first-order chi connectivity index (χ1) is 31.8. The van der Waals surface area contributed by atoms with Gasteiger partial charge < -0.3 is 13.6 Å². The summed E-state index contributed by atoms with van der Waals surface area (Å²) in [6.07, 6.45) is 0. The number of benzene rings is 10. The van der Waals surface area contributed by atoms with Crippen LogP contribution >= 0.6 is 0 Å². The largest absolute Gasteiger partial charge is 0.456 e. The summed E-state index contributed by atoms with van der Waals surface area (Å²) in [5.41, 5.74) is 11.1. The number of aromatic nitrogens is 2. The lowest BCUT2D eigenvalue weighted by Gasteiger charge is -2.34. The first-order valence-corrected chi connectivity index (χ1v) is 24.0. The molecule has 300 valence electrons. The molecule has 3 heterocycles. The molecule has 0 radical (unpaired) electrons. The van der Waals surface area contributed by atoms with Crippen LogP contribution in [0.1, 0.15) is 0 Å².